The van der Waals surface area contributed by atoms with Crippen LogP contribution in [0.5, 0.6) is 5.75 Å². The number of hydrogen-bond donors (Lipinski definition) is 2. The fourth-order valence-corrected chi connectivity index (χ4v) is 2.52. The van der Waals surface area contributed by atoms with Gasteiger partial charge in [-0.15, -0.1) is 0 Å². The molecule has 0 atom stereocenters. The maximum Gasteiger partial charge on any atom is 0.310 e. The molecule has 1 aromatic carbocycles. The molecule has 0 radical (unpaired) electrons. The second-order valence-electron chi connectivity index (χ2n) is 5.35. The molecule has 0 saturated heterocycles. The van der Waals surface area contributed by atoms with E-state index in [2.05, 4.69) is 5.32 Å². The van der Waals surface area contributed by atoms with Crippen LogP contribution in [0, 0.1) is 11.2 Å². The number of carboxylic acids is 1. The summed E-state index contributed by atoms with van der Waals surface area (Å²) in [5.41, 5.74) is -0.403. The molecule has 0 aliphatic heterocycles. The van der Waals surface area contributed by atoms with Crippen molar-refractivity contribution >= 4 is 11.9 Å². The Morgan fingerprint density at radius 1 is 1.43 bits per heavy atom. The maximum atomic E-state index is 13.2. The number of aliphatic carboxylic acids is 1. The first-order valence-corrected chi connectivity index (χ1v) is 6.79. The number of halogens is 1. The summed E-state index contributed by atoms with van der Waals surface area (Å²) in [4.78, 5) is 23.1. The zero-order chi connectivity index (χ0) is 15.5. The number of carboxylic acid groups (broad SMARTS) is 1. The third-order valence-electron chi connectivity index (χ3n) is 3.98. The standard InChI is InChI=1S/C15H18FNO4/c1-21-12-4-3-11(16)7-10(12)9-17-13(18)8-15(14(19)20)5-2-6-15/h3-4,7H,2,5-6,8-9H2,1H3,(H,17,18)(H,19,20). The molecule has 1 aliphatic rings. The SMILES string of the molecule is COc1ccc(F)cc1CNC(=O)CC1(C(=O)O)CCC1. The van der Waals surface area contributed by atoms with E-state index in [4.69, 9.17) is 4.74 Å². The van der Waals surface area contributed by atoms with Crippen LogP contribution in [0.3, 0.4) is 0 Å². The summed E-state index contributed by atoms with van der Waals surface area (Å²) < 4.78 is 18.3. The van der Waals surface area contributed by atoms with Crippen LogP contribution < -0.4 is 10.1 Å². The number of benzene rings is 1. The van der Waals surface area contributed by atoms with Crippen LogP contribution in [0.15, 0.2) is 18.2 Å². The van der Waals surface area contributed by atoms with E-state index in [-0.39, 0.29) is 18.9 Å². The Morgan fingerprint density at radius 2 is 2.14 bits per heavy atom. The molecule has 1 saturated carbocycles. The first-order chi connectivity index (χ1) is 9.97. The minimum absolute atomic E-state index is 0.0417. The van der Waals surface area contributed by atoms with Crippen molar-refractivity contribution in [1.29, 1.82) is 0 Å². The monoisotopic (exact) mass is 295 g/mol. The average Bonchev–Trinajstić information content (AvgIpc) is 2.40. The lowest BCUT2D eigenvalue weighted by atomic mass is 9.66. The number of carbonyl (C=O) groups is 2. The summed E-state index contributed by atoms with van der Waals surface area (Å²) in [6, 6.07) is 4.05. The van der Waals surface area contributed by atoms with Crippen LogP contribution in [-0.4, -0.2) is 24.1 Å². The quantitative estimate of drug-likeness (QED) is 0.842. The van der Waals surface area contributed by atoms with Gasteiger partial charge in [0.25, 0.3) is 0 Å². The minimum atomic E-state index is -0.924. The molecule has 0 spiro atoms. The summed E-state index contributed by atoms with van der Waals surface area (Å²) >= 11 is 0. The van der Waals surface area contributed by atoms with Crippen LogP contribution in [0.4, 0.5) is 4.39 Å². The molecule has 1 aromatic rings. The van der Waals surface area contributed by atoms with Crippen LogP contribution in [0.2, 0.25) is 0 Å². The molecule has 2 N–H and O–H groups in total. The van der Waals surface area contributed by atoms with Gasteiger partial charge in [0.15, 0.2) is 0 Å². The van der Waals surface area contributed by atoms with Gasteiger partial charge in [-0.3, -0.25) is 9.59 Å². The fourth-order valence-electron chi connectivity index (χ4n) is 2.52. The van der Waals surface area contributed by atoms with Gasteiger partial charge in [-0.25, -0.2) is 4.39 Å². The summed E-state index contributed by atoms with van der Waals surface area (Å²) in [7, 11) is 1.46. The number of methoxy groups -OCH3 is 1. The summed E-state index contributed by atoms with van der Waals surface area (Å²) in [6.07, 6.45) is 1.84. The number of ether oxygens (including phenoxy) is 1. The first kappa shape index (κ1) is 15.3. The molecule has 0 aromatic heterocycles. The van der Waals surface area contributed by atoms with Crippen LogP contribution in [0.1, 0.15) is 31.2 Å². The highest BCUT2D eigenvalue weighted by Gasteiger charge is 2.45. The van der Waals surface area contributed by atoms with E-state index < -0.39 is 17.2 Å². The van der Waals surface area contributed by atoms with Crippen molar-refractivity contribution in [3.05, 3.63) is 29.6 Å². The number of hydrogen-bond acceptors (Lipinski definition) is 3. The van der Waals surface area contributed by atoms with Crippen molar-refractivity contribution in [1.82, 2.24) is 5.32 Å². The molecule has 114 valence electrons. The second kappa shape index (κ2) is 6.11. The Hall–Kier alpha value is -2.11. The van der Waals surface area contributed by atoms with Crippen molar-refractivity contribution in [2.24, 2.45) is 5.41 Å². The molecule has 1 amide bonds. The number of rotatable bonds is 6. The second-order valence-corrected chi connectivity index (χ2v) is 5.35. The van der Waals surface area contributed by atoms with Crippen molar-refractivity contribution in [2.75, 3.05) is 7.11 Å². The molecule has 21 heavy (non-hydrogen) atoms. The average molecular weight is 295 g/mol. The molecule has 1 fully saturated rings. The maximum absolute atomic E-state index is 13.2. The van der Waals surface area contributed by atoms with E-state index in [0.717, 1.165) is 6.42 Å². The molecular formula is C15H18FNO4. The predicted molar refractivity (Wildman–Crippen MR) is 73.3 cm³/mol. The Morgan fingerprint density at radius 3 is 2.67 bits per heavy atom. The third kappa shape index (κ3) is 3.32. The lowest BCUT2D eigenvalue weighted by Crippen LogP contribution is -2.42. The van der Waals surface area contributed by atoms with Gasteiger partial charge in [0.1, 0.15) is 11.6 Å². The smallest absolute Gasteiger partial charge is 0.310 e. The Balaban J connectivity index is 1.95. The van der Waals surface area contributed by atoms with Crippen molar-refractivity contribution in [3.8, 4) is 5.75 Å². The Bertz CT molecular complexity index is 555. The van der Waals surface area contributed by atoms with E-state index in [9.17, 15) is 19.1 Å². The molecule has 6 heteroatoms. The molecule has 1 aliphatic carbocycles. The topological polar surface area (TPSA) is 75.6 Å². The first-order valence-electron chi connectivity index (χ1n) is 6.79. The van der Waals surface area contributed by atoms with Gasteiger partial charge < -0.3 is 15.2 Å². The van der Waals surface area contributed by atoms with E-state index >= 15 is 0 Å². The largest absolute Gasteiger partial charge is 0.496 e. The number of nitrogens with one attached hydrogen (secondary N) is 1. The zero-order valence-electron chi connectivity index (χ0n) is 11.8. The highest BCUT2D eigenvalue weighted by molar-refractivity contribution is 5.85. The van der Waals surface area contributed by atoms with Gasteiger partial charge in [-0.05, 0) is 31.0 Å². The zero-order valence-corrected chi connectivity index (χ0v) is 11.8. The van der Waals surface area contributed by atoms with Crippen LogP contribution in [-0.2, 0) is 16.1 Å². The highest BCUT2D eigenvalue weighted by Crippen LogP contribution is 2.44. The van der Waals surface area contributed by atoms with E-state index in [1.807, 2.05) is 0 Å². The fraction of sp³-hybridized carbons (Fsp3) is 0.467. The number of carbonyl (C=O) groups excluding carboxylic acids is 1. The summed E-state index contributed by atoms with van der Waals surface area (Å²) in [6.45, 7) is 0.107. The van der Waals surface area contributed by atoms with E-state index in [0.29, 0.717) is 24.2 Å². The molecule has 0 unspecified atom stereocenters. The molecule has 2 rings (SSSR count). The third-order valence-corrected chi connectivity index (χ3v) is 3.98. The van der Waals surface area contributed by atoms with E-state index in [1.54, 1.807) is 0 Å². The Kier molecular flexibility index (Phi) is 4.45. The molecular weight excluding hydrogens is 277 g/mol. The van der Waals surface area contributed by atoms with Gasteiger partial charge in [-0.1, -0.05) is 6.42 Å². The molecule has 5 nitrogen and oxygen atoms in total. The van der Waals surface area contributed by atoms with Crippen LogP contribution in [0.25, 0.3) is 0 Å². The lowest BCUT2D eigenvalue weighted by Gasteiger charge is -2.36. The van der Waals surface area contributed by atoms with Gasteiger partial charge in [0.2, 0.25) is 5.91 Å². The van der Waals surface area contributed by atoms with Gasteiger partial charge in [0, 0.05) is 18.5 Å². The molecule has 0 heterocycles. The van der Waals surface area contributed by atoms with E-state index in [1.165, 1.54) is 25.3 Å². The van der Waals surface area contributed by atoms with Crippen molar-refractivity contribution in [2.45, 2.75) is 32.2 Å². The van der Waals surface area contributed by atoms with Crippen molar-refractivity contribution < 1.29 is 23.8 Å². The summed E-state index contributed by atoms with van der Waals surface area (Å²) in [5.74, 6) is -1.20. The van der Waals surface area contributed by atoms with Gasteiger partial charge in [-0.2, -0.15) is 0 Å². The normalized spacial score (nSPS) is 15.9. The lowest BCUT2D eigenvalue weighted by molar-refractivity contribution is -0.157. The summed E-state index contributed by atoms with van der Waals surface area (Å²) in [5, 5.41) is 11.8. The number of amides is 1. The Labute approximate surface area is 122 Å². The molecule has 0 bridgehead atoms. The minimum Gasteiger partial charge on any atom is -0.496 e. The van der Waals surface area contributed by atoms with Gasteiger partial charge >= 0.3 is 5.97 Å². The van der Waals surface area contributed by atoms with Gasteiger partial charge in [0.05, 0.1) is 12.5 Å². The van der Waals surface area contributed by atoms with Crippen LogP contribution >= 0.6 is 0 Å². The van der Waals surface area contributed by atoms with Crippen molar-refractivity contribution in [3.63, 3.8) is 0 Å². The highest BCUT2D eigenvalue weighted by atomic mass is 19.1. The predicted octanol–water partition coefficient (Wildman–Crippen LogP) is 2.10.